The fourth-order valence-corrected chi connectivity index (χ4v) is 1.60. The summed E-state index contributed by atoms with van der Waals surface area (Å²) in [6.45, 7) is 4.47. The minimum absolute atomic E-state index is 0. The van der Waals surface area contributed by atoms with Gasteiger partial charge in [0.25, 0.3) is 0 Å². The minimum Gasteiger partial charge on any atom is -1.00 e. The van der Waals surface area contributed by atoms with Gasteiger partial charge in [-0.05, 0) is 0 Å². The Hall–Kier alpha value is 0.514. The summed E-state index contributed by atoms with van der Waals surface area (Å²) in [7, 11) is 0. The Kier molecular flexibility index (Phi) is 19.4. The van der Waals surface area contributed by atoms with Crippen molar-refractivity contribution in [3.8, 4) is 0 Å². The molecule has 95 valence electrons. The zero-order valence-electron chi connectivity index (χ0n) is 10.7. The van der Waals surface area contributed by atoms with Crippen LogP contribution < -0.4 is 24.8 Å². The monoisotopic (exact) mass is 307 g/mol. The summed E-state index contributed by atoms with van der Waals surface area (Å²) in [5.41, 5.74) is 2.78. The predicted molar refractivity (Wildman–Crippen MR) is 62.5 cm³/mol. The van der Waals surface area contributed by atoms with Crippen molar-refractivity contribution in [3.05, 3.63) is 35.4 Å². The molecular formula is C14H21Cl2Ti. The summed E-state index contributed by atoms with van der Waals surface area (Å²) in [5.74, 6) is 0. The van der Waals surface area contributed by atoms with E-state index in [1.807, 2.05) is 0 Å². The van der Waals surface area contributed by atoms with Crippen molar-refractivity contribution in [1.82, 2.24) is 0 Å². The SMILES string of the molecule is CCCCc1[c-]c(CCCC)ccc1.[Cl-].[Cl-].[Ti+3]. The molecule has 0 bridgehead atoms. The van der Waals surface area contributed by atoms with E-state index in [4.69, 9.17) is 0 Å². The van der Waals surface area contributed by atoms with E-state index in [1.165, 1.54) is 49.7 Å². The maximum atomic E-state index is 3.51. The van der Waals surface area contributed by atoms with Crippen LogP contribution in [0.15, 0.2) is 18.2 Å². The predicted octanol–water partition coefficient (Wildman–Crippen LogP) is -1.82. The van der Waals surface area contributed by atoms with E-state index in [0.717, 1.165) is 0 Å². The molecule has 0 saturated heterocycles. The summed E-state index contributed by atoms with van der Waals surface area (Å²) in [6, 6.07) is 10.1. The van der Waals surface area contributed by atoms with Crippen LogP contribution in [-0.4, -0.2) is 0 Å². The summed E-state index contributed by atoms with van der Waals surface area (Å²) < 4.78 is 0. The van der Waals surface area contributed by atoms with E-state index in [9.17, 15) is 0 Å². The maximum Gasteiger partial charge on any atom is 3.00 e. The molecule has 0 saturated carbocycles. The summed E-state index contributed by atoms with van der Waals surface area (Å²) in [5, 5.41) is 0. The smallest absolute Gasteiger partial charge is 1.00 e. The van der Waals surface area contributed by atoms with E-state index in [-0.39, 0.29) is 46.5 Å². The van der Waals surface area contributed by atoms with Crippen molar-refractivity contribution in [2.45, 2.75) is 52.4 Å². The Morgan fingerprint density at radius 3 is 1.65 bits per heavy atom. The molecule has 1 radical (unpaired) electrons. The molecule has 3 heteroatoms. The van der Waals surface area contributed by atoms with Crippen molar-refractivity contribution >= 4 is 0 Å². The molecule has 0 fully saturated rings. The van der Waals surface area contributed by atoms with Crippen molar-refractivity contribution in [3.63, 3.8) is 0 Å². The second-order valence-corrected chi connectivity index (χ2v) is 3.91. The van der Waals surface area contributed by atoms with Crippen LogP contribution in [0.5, 0.6) is 0 Å². The molecule has 0 heterocycles. The topological polar surface area (TPSA) is 0 Å². The zero-order chi connectivity index (χ0) is 10.2. The Morgan fingerprint density at radius 1 is 0.882 bits per heavy atom. The molecule has 17 heavy (non-hydrogen) atoms. The molecule has 0 atom stereocenters. The van der Waals surface area contributed by atoms with Gasteiger partial charge >= 0.3 is 21.7 Å². The number of halogens is 2. The first-order valence-corrected chi connectivity index (χ1v) is 5.87. The summed E-state index contributed by atoms with van der Waals surface area (Å²) in [6.07, 6.45) is 7.49. The van der Waals surface area contributed by atoms with Gasteiger partial charge in [-0.25, -0.2) is 0 Å². The van der Waals surface area contributed by atoms with Crippen LogP contribution in [0, 0.1) is 6.07 Å². The van der Waals surface area contributed by atoms with Gasteiger partial charge in [0, 0.05) is 0 Å². The Morgan fingerprint density at radius 2 is 1.29 bits per heavy atom. The maximum absolute atomic E-state index is 3.51. The van der Waals surface area contributed by atoms with Gasteiger partial charge in [-0.2, -0.15) is 35.4 Å². The molecule has 0 N–H and O–H groups in total. The largest absolute Gasteiger partial charge is 3.00 e. The van der Waals surface area contributed by atoms with Crippen LogP contribution in [0.2, 0.25) is 0 Å². The molecule has 0 amide bonds. The number of hydrogen-bond acceptors (Lipinski definition) is 0. The molecule has 0 aliphatic carbocycles. The molecule has 1 rings (SSSR count). The molecule has 0 aromatic heterocycles. The van der Waals surface area contributed by atoms with Gasteiger partial charge in [0.2, 0.25) is 0 Å². The first kappa shape index (κ1) is 22.7. The number of rotatable bonds is 6. The molecule has 0 spiro atoms. The first-order chi connectivity index (χ1) is 6.86. The number of aryl methyl sites for hydroxylation is 2. The summed E-state index contributed by atoms with van der Waals surface area (Å²) >= 11 is 0. The van der Waals surface area contributed by atoms with Gasteiger partial charge in [-0.3, -0.25) is 0 Å². The van der Waals surface area contributed by atoms with Crippen molar-refractivity contribution in [2.75, 3.05) is 0 Å². The third-order valence-corrected chi connectivity index (χ3v) is 2.52. The fourth-order valence-electron chi connectivity index (χ4n) is 1.60. The van der Waals surface area contributed by atoms with Crippen LogP contribution in [-0.2, 0) is 34.6 Å². The molecular weight excluding hydrogens is 287 g/mol. The summed E-state index contributed by atoms with van der Waals surface area (Å²) in [4.78, 5) is 0. The molecule has 0 unspecified atom stereocenters. The van der Waals surface area contributed by atoms with Crippen molar-refractivity contribution in [1.29, 1.82) is 0 Å². The van der Waals surface area contributed by atoms with Gasteiger partial charge in [-0.1, -0.05) is 52.4 Å². The zero-order valence-corrected chi connectivity index (χ0v) is 13.8. The fraction of sp³-hybridized carbons (Fsp3) is 0.571. The third-order valence-electron chi connectivity index (χ3n) is 2.52. The Labute approximate surface area is 134 Å². The Bertz CT molecular complexity index is 241. The van der Waals surface area contributed by atoms with Crippen molar-refractivity contribution in [2.24, 2.45) is 0 Å². The van der Waals surface area contributed by atoms with Gasteiger partial charge in [0.05, 0.1) is 0 Å². The molecule has 1 aromatic rings. The number of benzene rings is 1. The van der Waals surface area contributed by atoms with Crippen LogP contribution in [0.3, 0.4) is 0 Å². The quantitative estimate of drug-likeness (QED) is 0.429. The van der Waals surface area contributed by atoms with Crippen molar-refractivity contribution < 1.29 is 46.5 Å². The Balaban J connectivity index is -0.000000653. The average Bonchev–Trinajstić information content (AvgIpc) is 2.24. The van der Waals surface area contributed by atoms with Gasteiger partial charge in [0.1, 0.15) is 0 Å². The average molecular weight is 308 g/mol. The standard InChI is InChI=1S/C14H21.2ClH.Ti/c1-3-5-8-13-10-7-11-14(12-13)9-6-4-2;;;/h7,10-11H,3-6,8-9H2,1-2H3;2*1H;/q-1;;;+3/p-2. The van der Waals surface area contributed by atoms with E-state index < -0.39 is 0 Å². The van der Waals surface area contributed by atoms with Crippen LogP contribution in [0.1, 0.15) is 50.7 Å². The first-order valence-electron chi connectivity index (χ1n) is 5.87. The number of hydrogen-bond donors (Lipinski definition) is 0. The van der Waals surface area contributed by atoms with Gasteiger partial charge in [-0.15, -0.1) is 0 Å². The van der Waals surface area contributed by atoms with Crippen LogP contribution in [0.4, 0.5) is 0 Å². The van der Waals surface area contributed by atoms with Gasteiger partial charge < -0.3 is 24.8 Å². The molecule has 1 aromatic carbocycles. The van der Waals surface area contributed by atoms with Crippen LogP contribution >= 0.6 is 0 Å². The third kappa shape index (κ3) is 10.1. The van der Waals surface area contributed by atoms with E-state index >= 15 is 0 Å². The van der Waals surface area contributed by atoms with E-state index in [1.54, 1.807) is 0 Å². The van der Waals surface area contributed by atoms with Gasteiger partial charge in [0.15, 0.2) is 0 Å². The normalized spacial score (nSPS) is 8.59. The molecule has 0 aliphatic rings. The second kappa shape index (κ2) is 14.6. The van der Waals surface area contributed by atoms with E-state index in [2.05, 4.69) is 38.1 Å². The second-order valence-electron chi connectivity index (χ2n) is 3.91. The molecule has 0 nitrogen and oxygen atoms in total. The minimum atomic E-state index is 0. The molecule has 0 aliphatic heterocycles. The van der Waals surface area contributed by atoms with E-state index in [0.29, 0.717) is 0 Å². The number of unbranched alkanes of at least 4 members (excludes halogenated alkanes) is 2. The van der Waals surface area contributed by atoms with Crippen LogP contribution in [0.25, 0.3) is 0 Å².